The third-order valence-electron chi connectivity index (χ3n) is 7.92. The number of hydrogen-bond donors (Lipinski definition) is 2. The van der Waals surface area contributed by atoms with Gasteiger partial charge in [-0.15, -0.1) is 0 Å². The molecule has 33 heavy (non-hydrogen) atoms. The second-order valence-corrected chi connectivity index (χ2v) is 9.78. The van der Waals surface area contributed by atoms with Crippen LogP contribution >= 0.6 is 0 Å². The van der Waals surface area contributed by atoms with Crippen molar-refractivity contribution in [1.82, 2.24) is 5.32 Å². The Labute approximate surface area is 192 Å². The topological polar surface area (TPSA) is 75.6 Å². The van der Waals surface area contributed by atoms with Gasteiger partial charge in [-0.2, -0.15) is 0 Å². The minimum absolute atomic E-state index is 0.0530. The number of carbonyl (C=O) groups is 2. The van der Waals surface area contributed by atoms with Gasteiger partial charge in [0.05, 0.1) is 0 Å². The van der Waals surface area contributed by atoms with Gasteiger partial charge in [0, 0.05) is 11.3 Å². The Morgan fingerprint density at radius 3 is 2.00 bits per heavy atom. The van der Waals surface area contributed by atoms with Crippen LogP contribution in [-0.4, -0.2) is 29.8 Å². The molecule has 7 rings (SSSR count). The molecular formula is C28H25NO4. The minimum Gasteiger partial charge on any atom is -0.480 e. The van der Waals surface area contributed by atoms with Crippen molar-refractivity contribution in [2.45, 2.75) is 36.6 Å². The second-order valence-electron chi connectivity index (χ2n) is 9.78. The maximum Gasteiger partial charge on any atom is 0.407 e. The minimum atomic E-state index is -0.995. The third kappa shape index (κ3) is 2.99. The molecule has 1 amide bonds. The first-order chi connectivity index (χ1) is 16.0. The van der Waals surface area contributed by atoms with Gasteiger partial charge in [-0.1, -0.05) is 78.9 Å². The van der Waals surface area contributed by atoms with E-state index >= 15 is 0 Å². The first-order valence-electron chi connectivity index (χ1n) is 11.4. The first kappa shape index (κ1) is 20.0. The molecule has 2 N–H and O–H groups in total. The van der Waals surface area contributed by atoms with E-state index in [1.165, 1.54) is 5.56 Å². The number of fused-ring (bicyclic) bond motifs is 3. The summed E-state index contributed by atoms with van der Waals surface area (Å²) in [6.07, 6.45) is 1.68. The lowest BCUT2D eigenvalue weighted by atomic mass is 9.31. The van der Waals surface area contributed by atoms with Gasteiger partial charge in [0.25, 0.3) is 0 Å². The lowest BCUT2D eigenvalue weighted by Crippen LogP contribution is -2.73. The molecule has 0 saturated heterocycles. The second kappa shape index (κ2) is 7.20. The van der Waals surface area contributed by atoms with Gasteiger partial charge in [0.15, 0.2) is 0 Å². The Hall–Kier alpha value is -3.60. The molecule has 1 unspecified atom stereocenters. The molecule has 3 aromatic rings. The summed E-state index contributed by atoms with van der Waals surface area (Å²) in [6, 6.07) is 25.6. The van der Waals surface area contributed by atoms with Crippen LogP contribution in [0.4, 0.5) is 4.79 Å². The fraction of sp³-hybridized carbons (Fsp3) is 0.286. The Kier molecular flexibility index (Phi) is 4.37. The van der Waals surface area contributed by atoms with Crippen molar-refractivity contribution in [3.63, 3.8) is 0 Å². The third-order valence-corrected chi connectivity index (χ3v) is 7.92. The summed E-state index contributed by atoms with van der Waals surface area (Å²) < 4.78 is 5.60. The number of carbonyl (C=O) groups excluding carboxylic acids is 1. The summed E-state index contributed by atoms with van der Waals surface area (Å²) in [5.41, 5.74) is 5.52. The molecule has 4 aliphatic carbocycles. The summed E-state index contributed by atoms with van der Waals surface area (Å²) in [5, 5.41) is 12.5. The van der Waals surface area contributed by atoms with Crippen molar-refractivity contribution in [2.24, 2.45) is 5.41 Å². The van der Waals surface area contributed by atoms with E-state index in [1.54, 1.807) is 0 Å². The molecule has 0 radical (unpaired) electrons. The highest BCUT2D eigenvalue weighted by molar-refractivity contribution is 5.82. The Bertz CT molecular complexity index is 1190. The monoisotopic (exact) mass is 439 g/mol. The molecule has 4 aliphatic rings. The van der Waals surface area contributed by atoms with Crippen molar-refractivity contribution in [1.29, 1.82) is 0 Å². The molecular weight excluding hydrogens is 414 g/mol. The van der Waals surface area contributed by atoms with E-state index in [0.29, 0.717) is 0 Å². The van der Waals surface area contributed by atoms with Gasteiger partial charge in [-0.3, -0.25) is 0 Å². The van der Waals surface area contributed by atoms with Crippen molar-refractivity contribution in [2.75, 3.05) is 6.61 Å². The van der Waals surface area contributed by atoms with Crippen molar-refractivity contribution in [3.05, 3.63) is 95.6 Å². The molecule has 5 nitrogen and oxygen atoms in total. The number of ether oxygens (including phenoxy) is 1. The fourth-order valence-corrected chi connectivity index (χ4v) is 6.51. The van der Waals surface area contributed by atoms with E-state index in [4.69, 9.17) is 4.74 Å². The van der Waals surface area contributed by atoms with E-state index in [2.05, 4.69) is 41.7 Å². The van der Waals surface area contributed by atoms with E-state index in [-0.39, 0.29) is 23.4 Å². The number of aliphatic carboxylic acids is 1. The smallest absolute Gasteiger partial charge is 0.407 e. The summed E-state index contributed by atoms with van der Waals surface area (Å²) in [5.74, 6) is -1.05. The largest absolute Gasteiger partial charge is 0.480 e. The van der Waals surface area contributed by atoms with E-state index < -0.39 is 18.1 Å². The molecule has 3 aromatic carbocycles. The molecule has 3 fully saturated rings. The number of rotatable bonds is 6. The highest BCUT2D eigenvalue weighted by atomic mass is 16.5. The predicted molar refractivity (Wildman–Crippen MR) is 124 cm³/mol. The maximum absolute atomic E-state index is 12.7. The fourth-order valence-electron chi connectivity index (χ4n) is 6.51. The summed E-state index contributed by atoms with van der Waals surface area (Å²) in [4.78, 5) is 24.8. The quantitative estimate of drug-likeness (QED) is 0.560. The number of amides is 1. The summed E-state index contributed by atoms with van der Waals surface area (Å²) in [7, 11) is 0. The average Bonchev–Trinajstić information content (AvgIpc) is 3.10. The molecule has 166 valence electrons. The number of carboxylic acids is 1. The van der Waals surface area contributed by atoms with Crippen LogP contribution in [0.3, 0.4) is 0 Å². The molecule has 0 aromatic heterocycles. The lowest BCUT2D eigenvalue weighted by Gasteiger charge is -2.72. The normalized spacial score (nSPS) is 25.1. The van der Waals surface area contributed by atoms with Gasteiger partial charge in [0.1, 0.15) is 12.6 Å². The number of hydrogen-bond acceptors (Lipinski definition) is 3. The highest BCUT2D eigenvalue weighted by Gasteiger charge is 2.72. The van der Waals surface area contributed by atoms with Crippen molar-refractivity contribution < 1.29 is 19.4 Å². The Morgan fingerprint density at radius 1 is 0.879 bits per heavy atom. The maximum atomic E-state index is 12.7. The number of nitrogens with one attached hydrogen (secondary N) is 1. The zero-order chi connectivity index (χ0) is 22.6. The van der Waals surface area contributed by atoms with Gasteiger partial charge < -0.3 is 15.2 Å². The van der Waals surface area contributed by atoms with Crippen LogP contribution in [0.2, 0.25) is 0 Å². The Balaban J connectivity index is 1.13. The first-order valence-corrected chi connectivity index (χ1v) is 11.4. The number of benzene rings is 3. The van der Waals surface area contributed by atoms with Crippen LogP contribution in [0, 0.1) is 5.41 Å². The molecule has 5 heteroatoms. The predicted octanol–water partition coefficient (Wildman–Crippen LogP) is 5.10. The van der Waals surface area contributed by atoms with Gasteiger partial charge in [-0.05, 0) is 52.5 Å². The van der Waals surface area contributed by atoms with Crippen LogP contribution in [0.5, 0.6) is 0 Å². The van der Waals surface area contributed by atoms with Crippen molar-refractivity contribution in [3.8, 4) is 11.1 Å². The molecule has 0 spiro atoms. The highest BCUT2D eigenvalue weighted by Crippen LogP contribution is 2.74. The zero-order valence-corrected chi connectivity index (χ0v) is 18.2. The number of alkyl carbamates (subject to hydrolysis) is 1. The zero-order valence-electron chi connectivity index (χ0n) is 18.2. The number of carboxylic acid groups (broad SMARTS) is 1. The van der Waals surface area contributed by atoms with Gasteiger partial charge in [-0.25, -0.2) is 9.59 Å². The standard InChI is InChI=1S/C28H25NO4/c30-25(31)24(28-15-27(16-28,17-28)18-8-2-1-3-9-18)29-26(32)33-14-23-21-12-6-4-10-19(21)20-11-5-7-13-22(20)23/h1-13,23-24H,14-17H2,(H,29,32)(H,30,31). The van der Waals surface area contributed by atoms with Crippen LogP contribution in [-0.2, 0) is 14.9 Å². The SMILES string of the molecule is O=C(NC(C(=O)O)C12CC(c3ccccc3)(C1)C2)OCC1c2ccccc2-c2ccccc21. The molecule has 0 heterocycles. The molecule has 2 bridgehead atoms. The van der Waals surface area contributed by atoms with E-state index in [1.807, 2.05) is 42.5 Å². The van der Waals surface area contributed by atoms with Crippen LogP contribution < -0.4 is 5.32 Å². The molecule has 0 aliphatic heterocycles. The van der Waals surface area contributed by atoms with Crippen LogP contribution in [0.25, 0.3) is 11.1 Å². The van der Waals surface area contributed by atoms with E-state index in [0.717, 1.165) is 41.5 Å². The Morgan fingerprint density at radius 2 is 1.42 bits per heavy atom. The lowest BCUT2D eigenvalue weighted by molar-refractivity contribution is -0.183. The average molecular weight is 440 g/mol. The van der Waals surface area contributed by atoms with Gasteiger partial charge in [0.2, 0.25) is 0 Å². The molecule has 3 saturated carbocycles. The van der Waals surface area contributed by atoms with Gasteiger partial charge >= 0.3 is 12.1 Å². The van der Waals surface area contributed by atoms with Crippen LogP contribution in [0.15, 0.2) is 78.9 Å². The summed E-state index contributed by atoms with van der Waals surface area (Å²) in [6.45, 7) is 0.174. The van der Waals surface area contributed by atoms with E-state index in [9.17, 15) is 14.7 Å². The summed E-state index contributed by atoms with van der Waals surface area (Å²) >= 11 is 0. The van der Waals surface area contributed by atoms with Crippen molar-refractivity contribution >= 4 is 12.1 Å². The molecule has 1 atom stereocenters. The van der Waals surface area contributed by atoms with Crippen LogP contribution in [0.1, 0.15) is 41.9 Å².